The van der Waals surface area contributed by atoms with E-state index >= 15 is 0 Å². The van der Waals surface area contributed by atoms with Gasteiger partial charge < -0.3 is 15.8 Å². The average molecular weight is 433 g/mol. The minimum atomic E-state index is -1.51. The van der Waals surface area contributed by atoms with Crippen molar-refractivity contribution in [2.24, 2.45) is 16.6 Å². The van der Waals surface area contributed by atoms with E-state index in [2.05, 4.69) is 16.5 Å². The van der Waals surface area contributed by atoms with Crippen molar-refractivity contribution in [1.82, 2.24) is 10.2 Å². The van der Waals surface area contributed by atoms with Crippen LogP contribution in [0.25, 0.3) is 0 Å². The second kappa shape index (κ2) is 9.61. The Bertz CT molecular complexity index is 670. The van der Waals surface area contributed by atoms with E-state index in [1.807, 2.05) is 6.92 Å². The summed E-state index contributed by atoms with van der Waals surface area (Å²) >= 11 is 0. The molecule has 160 valence electrons. The minimum Gasteiger partial charge on any atom is -0.468 e. The molecule has 9 heteroatoms. The van der Waals surface area contributed by atoms with E-state index in [0.29, 0.717) is 17.7 Å². The zero-order valence-electron chi connectivity index (χ0n) is 17.0. The van der Waals surface area contributed by atoms with Gasteiger partial charge in [-0.25, -0.2) is 0 Å². The number of nitrogens with one attached hydrogen (secondary N) is 1. The molecule has 3 heterocycles. The molecule has 0 radical (unpaired) electrons. The zero-order chi connectivity index (χ0) is 19.6. The Labute approximate surface area is 175 Å². The number of hydrogen-bond acceptors (Lipinski definition) is 6. The van der Waals surface area contributed by atoms with Gasteiger partial charge in [-0.15, -0.1) is 12.4 Å². The van der Waals surface area contributed by atoms with Crippen LogP contribution < -0.4 is 11.1 Å². The number of rotatable bonds is 5. The van der Waals surface area contributed by atoms with Crippen molar-refractivity contribution >= 4 is 39.4 Å². The lowest BCUT2D eigenvalue weighted by Gasteiger charge is -2.48. The van der Waals surface area contributed by atoms with Crippen molar-refractivity contribution < 1.29 is 14.3 Å². The van der Waals surface area contributed by atoms with Gasteiger partial charge in [0.25, 0.3) is 5.91 Å². The number of likely N-dealkylation sites (tertiary alicyclic amines) is 1. The lowest BCUT2D eigenvalue weighted by molar-refractivity contribution is -0.142. The maximum absolute atomic E-state index is 12.4. The Morgan fingerprint density at radius 3 is 2.39 bits per heavy atom. The Morgan fingerprint density at radius 1 is 1.25 bits per heavy atom. The van der Waals surface area contributed by atoms with Crippen LogP contribution in [-0.4, -0.2) is 73.2 Å². The van der Waals surface area contributed by atoms with E-state index in [1.165, 1.54) is 12.2 Å². The summed E-state index contributed by atoms with van der Waals surface area (Å²) in [7, 11) is -0.0843. The predicted molar refractivity (Wildman–Crippen MR) is 117 cm³/mol. The number of aliphatic imine (C=N–C) groups is 1. The van der Waals surface area contributed by atoms with Gasteiger partial charge in [0.1, 0.15) is 0 Å². The van der Waals surface area contributed by atoms with Crippen molar-refractivity contribution in [2.75, 3.05) is 46.1 Å². The molecule has 3 N–H and O–H groups in total. The SMILES string of the molecule is COC(=O)CN1CCC(S2(C)C(C3CCNCC3)=NC(C)=C2C(N)=O)CC1.Cl. The van der Waals surface area contributed by atoms with E-state index in [0.717, 1.165) is 62.5 Å². The summed E-state index contributed by atoms with van der Waals surface area (Å²) in [6.07, 6.45) is 6.31. The first-order chi connectivity index (χ1) is 12.9. The number of nitrogens with zero attached hydrogens (tertiary/aromatic N) is 2. The molecule has 0 aromatic heterocycles. The highest BCUT2D eigenvalue weighted by Crippen LogP contribution is 2.66. The number of piperidine rings is 2. The van der Waals surface area contributed by atoms with Crippen LogP contribution in [0.15, 0.2) is 15.6 Å². The maximum Gasteiger partial charge on any atom is 0.319 e. The quantitative estimate of drug-likeness (QED) is 0.643. The molecular weight excluding hydrogens is 400 g/mol. The number of allylic oxidation sites excluding steroid dienone is 1. The molecule has 3 aliphatic rings. The minimum absolute atomic E-state index is 0. The number of halogens is 1. The fraction of sp³-hybridized carbons (Fsp3) is 0.737. The average Bonchev–Trinajstić information content (AvgIpc) is 2.94. The second-order valence-electron chi connectivity index (χ2n) is 7.79. The van der Waals surface area contributed by atoms with Crippen LogP contribution >= 0.6 is 22.4 Å². The smallest absolute Gasteiger partial charge is 0.319 e. The summed E-state index contributed by atoms with van der Waals surface area (Å²) in [4.78, 5) is 31.8. The van der Waals surface area contributed by atoms with Crippen LogP contribution in [0, 0.1) is 5.92 Å². The molecule has 1 unspecified atom stereocenters. The molecule has 28 heavy (non-hydrogen) atoms. The molecule has 0 aromatic carbocycles. The van der Waals surface area contributed by atoms with E-state index in [-0.39, 0.29) is 24.3 Å². The number of carbonyl (C=O) groups excluding carboxylic acids is 2. The Hall–Kier alpha value is -1.09. The molecular formula is C19H33ClN4O3S. The Morgan fingerprint density at radius 2 is 1.86 bits per heavy atom. The number of carbonyl (C=O) groups is 2. The molecule has 2 fully saturated rings. The number of primary amides is 1. The van der Waals surface area contributed by atoms with Crippen LogP contribution in [0.4, 0.5) is 0 Å². The topological polar surface area (TPSA) is 97.0 Å². The molecule has 0 aromatic rings. The summed E-state index contributed by atoms with van der Waals surface area (Å²) in [5.74, 6) is -0.0702. The predicted octanol–water partition coefficient (Wildman–Crippen LogP) is 1.61. The third kappa shape index (κ3) is 4.40. The lowest BCUT2D eigenvalue weighted by atomic mass is 9.99. The van der Waals surface area contributed by atoms with E-state index in [1.54, 1.807) is 0 Å². The molecule has 0 saturated carbocycles. The summed E-state index contributed by atoms with van der Waals surface area (Å²) in [6.45, 7) is 5.96. The van der Waals surface area contributed by atoms with Gasteiger partial charge in [-0.3, -0.25) is 19.5 Å². The summed E-state index contributed by atoms with van der Waals surface area (Å²) in [5.41, 5.74) is 6.66. The monoisotopic (exact) mass is 432 g/mol. The van der Waals surface area contributed by atoms with Crippen LogP contribution in [0.2, 0.25) is 0 Å². The number of amides is 1. The molecule has 0 bridgehead atoms. The zero-order valence-corrected chi connectivity index (χ0v) is 18.7. The van der Waals surface area contributed by atoms with Crippen molar-refractivity contribution in [1.29, 1.82) is 0 Å². The summed E-state index contributed by atoms with van der Waals surface area (Å²) in [6, 6.07) is 0. The van der Waals surface area contributed by atoms with Gasteiger partial charge in [0, 0.05) is 11.2 Å². The Balaban J connectivity index is 0.00000280. The fourth-order valence-electron chi connectivity index (χ4n) is 4.74. The molecule has 3 rings (SSSR count). The third-order valence-electron chi connectivity index (χ3n) is 6.16. The largest absolute Gasteiger partial charge is 0.468 e. The van der Waals surface area contributed by atoms with Crippen molar-refractivity contribution in [3.8, 4) is 0 Å². The van der Waals surface area contributed by atoms with Gasteiger partial charge in [0.2, 0.25) is 0 Å². The van der Waals surface area contributed by atoms with Crippen molar-refractivity contribution in [3.63, 3.8) is 0 Å². The van der Waals surface area contributed by atoms with Gasteiger partial charge in [-0.2, -0.15) is 10.0 Å². The van der Waals surface area contributed by atoms with E-state index in [9.17, 15) is 9.59 Å². The molecule has 0 aliphatic carbocycles. The molecule has 2 saturated heterocycles. The van der Waals surface area contributed by atoms with Crippen molar-refractivity contribution in [3.05, 3.63) is 10.6 Å². The highest BCUT2D eigenvalue weighted by molar-refractivity contribution is 8.48. The highest BCUT2D eigenvalue weighted by atomic mass is 35.5. The third-order valence-corrected chi connectivity index (χ3v) is 10.6. The first-order valence-electron chi connectivity index (χ1n) is 9.74. The van der Waals surface area contributed by atoms with Gasteiger partial charge in [0.05, 0.1) is 29.3 Å². The van der Waals surface area contributed by atoms with Crippen molar-refractivity contribution in [2.45, 2.75) is 37.9 Å². The number of esters is 1. The normalized spacial score (nSPS) is 29.6. The lowest BCUT2D eigenvalue weighted by Crippen LogP contribution is -2.44. The first-order valence-corrected chi connectivity index (χ1v) is 11.8. The van der Waals surface area contributed by atoms with Gasteiger partial charge >= 0.3 is 5.97 Å². The van der Waals surface area contributed by atoms with Crippen LogP contribution in [0.3, 0.4) is 0 Å². The molecule has 7 nitrogen and oxygen atoms in total. The fourth-order valence-corrected chi connectivity index (χ4v) is 9.11. The van der Waals surface area contributed by atoms with E-state index in [4.69, 9.17) is 15.5 Å². The molecule has 1 atom stereocenters. The van der Waals surface area contributed by atoms with Gasteiger partial charge in [-0.05, 0) is 65.0 Å². The van der Waals surface area contributed by atoms with Gasteiger partial charge in [0.15, 0.2) is 0 Å². The number of ether oxygens (including phenoxy) is 1. The second-order valence-corrected chi connectivity index (χ2v) is 11.2. The van der Waals surface area contributed by atoms with Crippen LogP contribution in [-0.2, 0) is 14.3 Å². The summed E-state index contributed by atoms with van der Waals surface area (Å²) < 4.78 is 4.79. The highest BCUT2D eigenvalue weighted by Gasteiger charge is 2.47. The first kappa shape index (κ1) is 23.2. The van der Waals surface area contributed by atoms with E-state index < -0.39 is 10.0 Å². The summed E-state index contributed by atoms with van der Waals surface area (Å²) in [5, 5.41) is 5.04. The number of methoxy groups -OCH3 is 1. The van der Waals surface area contributed by atoms with Crippen LogP contribution in [0.1, 0.15) is 32.6 Å². The van der Waals surface area contributed by atoms with Gasteiger partial charge in [-0.1, -0.05) is 0 Å². The number of nitrogens with two attached hydrogens (primary N) is 1. The Kier molecular flexibility index (Phi) is 7.96. The molecule has 3 aliphatic heterocycles. The number of hydrogen-bond donors (Lipinski definition) is 2. The maximum atomic E-state index is 12.4. The standard InChI is InChI=1S/C19H32N4O3S.ClH/c1-13-17(18(20)25)27(3,19(22-13)14-4-8-21-9-5-14)15-6-10-23(11-7-15)12-16(24)26-2;/h14-15,21H,4-12H2,1-3H3,(H2,20,25);1H. The molecule has 1 amide bonds. The van der Waals surface area contributed by atoms with Crippen LogP contribution in [0.5, 0.6) is 0 Å². The molecule has 0 spiro atoms.